The van der Waals surface area contributed by atoms with Crippen molar-refractivity contribution in [3.8, 4) is 11.8 Å². The van der Waals surface area contributed by atoms with E-state index < -0.39 is 0 Å². The van der Waals surface area contributed by atoms with Crippen molar-refractivity contribution in [2.45, 2.75) is 13.5 Å². The third-order valence-corrected chi connectivity index (χ3v) is 3.99. The van der Waals surface area contributed by atoms with Crippen molar-refractivity contribution < 1.29 is 4.79 Å². The number of carbonyl (C=O) groups excluding carboxylic acids is 1. The van der Waals surface area contributed by atoms with Crippen LogP contribution >= 0.6 is 11.3 Å². The zero-order chi connectivity index (χ0) is 15.2. The number of hydrogen-bond acceptors (Lipinski definition) is 3. The van der Waals surface area contributed by atoms with Gasteiger partial charge in [-0.1, -0.05) is 24.0 Å². The molecule has 0 aliphatic rings. The van der Waals surface area contributed by atoms with Crippen molar-refractivity contribution in [1.82, 2.24) is 4.90 Å². The van der Waals surface area contributed by atoms with Crippen LogP contribution < -0.4 is 5.73 Å². The van der Waals surface area contributed by atoms with Crippen LogP contribution in [0.1, 0.15) is 25.7 Å². The number of nitrogens with zero attached hydrogens (tertiary/aromatic N) is 1. The third-order valence-electron chi connectivity index (χ3n) is 3.01. The van der Waals surface area contributed by atoms with E-state index in [0.29, 0.717) is 13.1 Å². The predicted octanol–water partition coefficient (Wildman–Crippen LogP) is 2.64. The first-order valence-electron chi connectivity index (χ1n) is 6.70. The van der Waals surface area contributed by atoms with Gasteiger partial charge in [-0.3, -0.25) is 4.79 Å². The van der Waals surface area contributed by atoms with Crippen LogP contribution in [0.25, 0.3) is 0 Å². The van der Waals surface area contributed by atoms with Crippen molar-refractivity contribution in [1.29, 1.82) is 0 Å². The number of carbonyl (C=O) groups is 1. The fourth-order valence-corrected chi connectivity index (χ4v) is 2.79. The van der Waals surface area contributed by atoms with E-state index in [1.54, 1.807) is 4.90 Å². The summed E-state index contributed by atoms with van der Waals surface area (Å²) in [5.74, 6) is 5.86. The topological polar surface area (TPSA) is 46.3 Å². The van der Waals surface area contributed by atoms with Crippen LogP contribution in [0.3, 0.4) is 0 Å². The fourth-order valence-electron chi connectivity index (χ4n) is 1.93. The molecule has 0 saturated carbocycles. The Labute approximate surface area is 129 Å². The quantitative estimate of drug-likeness (QED) is 0.886. The van der Waals surface area contributed by atoms with Gasteiger partial charge < -0.3 is 10.6 Å². The second kappa shape index (κ2) is 7.07. The van der Waals surface area contributed by atoms with E-state index in [-0.39, 0.29) is 5.91 Å². The lowest BCUT2D eigenvalue weighted by Crippen LogP contribution is -2.25. The Kier molecular flexibility index (Phi) is 5.15. The van der Waals surface area contributed by atoms with Gasteiger partial charge in [0.2, 0.25) is 0 Å². The number of benzene rings is 1. The molecule has 0 saturated heterocycles. The van der Waals surface area contributed by atoms with E-state index in [1.165, 1.54) is 11.3 Å². The second-order valence-electron chi connectivity index (χ2n) is 4.77. The molecule has 21 heavy (non-hydrogen) atoms. The molecule has 2 aromatic rings. The number of nitrogens with two attached hydrogens (primary N) is 1. The lowest BCUT2D eigenvalue weighted by Gasteiger charge is -2.16. The molecule has 108 valence electrons. The van der Waals surface area contributed by atoms with Crippen LogP contribution in [0, 0.1) is 18.8 Å². The summed E-state index contributed by atoms with van der Waals surface area (Å²) in [6, 6.07) is 11.7. The Hall–Kier alpha value is -2.09. The molecule has 0 aliphatic heterocycles. The minimum Gasteiger partial charge on any atom is -0.337 e. The first-order valence-corrected chi connectivity index (χ1v) is 7.51. The van der Waals surface area contributed by atoms with Crippen molar-refractivity contribution in [3.63, 3.8) is 0 Å². The lowest BCUT2D eigenvalue weighted by molar-refractivity contribution is 0.0790. The molecule has 3 nitrogen and oxygen atoms in total. The predicted molar refractivity (Wildman–Crippen MR) is 87.2 cm³/mol. The summed E-state index contributed by atoms with van der Waals surface area (Å²) >= 11 is 1.52. The standard InChI is InChI=1S/C17H18N2OS/c1-13-5-10-16(21-13)17(20)19(2)12-15-8-6-14(7-9-15)4-3-11-18/h5-10H,11-12,18H2,1-2H3. The highest BCUT2D eigenvalue weighted by Gasteiger charge is 2.13. The summed E-state index contributed by atoms with van der Waals surface area (Å²) in [5, 5.41) is 0. The molecule has 1 heterocycles. The smallest absolute Gasteiger partial charge is 0.263 e. The second-order valence-corrected chi connectivity index (χ2v) is 6.06. The molecule has 0 radical (unpaired) electrons. The average Bonchev–Trinajstić information content (AvgIpc) is 2.92. The van der Waals surface area contributed by atoms with Crippen LogP contribution in [0.2, 0.25) is 0 Å². The number of amides is 1. The maximum absolute atomic E-state index is 12.3. The zero-order valence-electron chi connectivity index (χ0n) is 12.2. The fraction of sp³-hybridized carbons (Fsp3) is 0.235. The van der Waals surface area contributed by atoms with Crippen LogP contribution in [-0.2, 0) is 6.54 Å². The molecule has 0 fully saturated rings. The number of thiophene rings is 1. The number of aryl methyl sites for hydroxylation is 1. The molecule has 1 aromatic carbocycles. The largest absolute Gasteiger partial charge is 0.337 e. The highest BCUT2D eigenvalue weighted by molar-refractivity contribution is 7.13. The Morgan fingerprint density at radius 1 is 1.24 bits per heavy atom. The molecule has 1 aromatic heterocycles. The Morgan fingerprint density at radius 2 is 1.95 bits per heavy atom. The lowest BCUT2D eigenvalue weighted by atomic mass is 10.1. The first-order chi connectivity index (χ1) is 10.1. The average molecular weight is 298 g/mol. The van der Waals surface area contributed by atoms with Gasteiger partial charge in [0.25, 0.3) is 5.91 Å². The number of hydrogen-bond donors (Lipinski definition) is 1. The first kappa shape index (κ1) is 15.3. The molecule has 1 amide bonds. The summed E-state index contributed by atoms with van der Waals surface area (Å²) in [7, 11) is 1.82. The summed E-state index contributed by atoms with van der Waals surface area (Å²) < 4.78 is 0. The molecular formula is C17H18N2OS. The molecule has 2 rings (SSSR count). The van der Waals surface area contributed by atoms with Gasteiger partial charge in [-0.05, 0) is 36.8 Å². The van der Waals surface area contributed by atoms with Crippen molar-refractivity contribution in [3.05, 3.63) is 57.3 Å². The minimum absolute atomic E-state index is 0.0556. The van der Waals surface area contributed by atoms with Gasteiger partial charge in [0, 0.05) is 24.0 Å². The highest BCUT2D eigenvalue weighted by atomic mass is 32.1. The van der Waals surface area contributed by atoms with Crippen LogP contribution in [0.15, 0.2) is 36.4 Å². The Morgan fingerprint density at radius 3 is 2.52 bits per heavy atom. The molecule has 0 atom stereocenters. The summed E-state index contributed by atoms with van der Waals surface area (Å²) in [6.07, 6.45) is 0. The van der Waals surface area contributed by atoms with E-state index in [0.717, 1.165) is 20.9 Å². The minimum atomic E-state index is 0.0556. The van der Waals surface area contributed by atoms with E-state index in [4.69, 9.17) is 5.73 Å². The van der Waals surface area contributed by atoms with E-state index in [2.05, 4.69) is 11.8 Å². The van der Waals surface area contributed by atoms with Gasteiger partial charge in [0.1, 0.15) is 0 Å². The molecule has 0 spiro atoms. The molecule has 2 N–H and O–H groups in total. The van der Waals surface area contributed by atoms with Gasteiger partial charge in [-0.25, -0.2) is 0 Å². The van der Waals surface area contributed by atoms with Crippen molar-refractivity contribution >= 4 is 17.2 Å². The van der Waals surface area contributed by atoms with E-state index >= 15 is 0 Å². The summed E-state index contributed by atoms with van der Waals surface area (Å²) in [5.41, 5.74) is 7.36. The third kappa shape index (κ3) is 4.19. The monoisotopic (exact) mass is 298 g/mol. The zero-order valence-corrected chi connectivity index (χ0v) is 13.0. The van der Waals surface area contributed by atoms with Gasteiger partial charge in [-0.2, -0.15) is 0 Å². The van der Waals surface area contributed by atoms with Crippen LogP contribution in [-0.4, -0.2) is 24.4 Å². The van der Waals surface area contributed by atoms with Crippen LogP contribution in [0.4, 0.5) is 0 Å². The molecule has 0 bridgehead atoms. The maximum Gasteiger partial charge on any atom is 0.263 e. The molecule has 0 aliphatic carbocycles. The van der Waals surface area contributed by atoms with Crippen molar-refractivity contribution in [2.24, 2.45) is 5.73 Å². The van der Waals surface area contributed by atoms with Gasteiger partial charge in [0.05, 0.1) is 11.4 Å². The Balaban J connectivity index is 2.02. The van der Waals surface area contributed by atoms with E-state index in [9.17, 15) is 4.79 Å². The normalized spacial score (nSPS) is 9.86. The number of rotatable bonds is 3. The SMILES string of the molecule is Cc1ccc(C(=O)N(C)Cc2ccc(C#CCN)cc2)s1. The van der Waals surface area contributed by atoms with Gasteiger partial charge in [-0.15, -0.1) is 11.3 Å². The molecule has 4 heteroatoms. The van der Waals surface area contributed by atoms with E-state index in [1.807, 2.05) is 50.4 Å². The van der Waals surface area contributed by atoms with Crippen molar-refractivity contribution in [2.75, 3.05) is 13.6 Å². The van der Waals surface area contributed by atoms with Gasteiger partial charge >= 0.3 is 0 Å². The highest BCUT2D eigenvalue weighted by Crippen LogP contribution is 2.17. The maximum atomic E-state index is 12.3. The summed E-state index contributed by atoms with van der Waals surface area (Å²) in [6.45, 7) is 2.95. The molecule has 0 unspecified atom stereocenters. The summed E-state index contributed by atoms with van der Waals surface area (Å²) in [4.78, 5) is 15.9. The van der Waals surface area contributed by atoms with Crippen LogP contribution in [0.5, 0.6) is 0 Å². The Bertz CT molecular complexity index is 677. The van der Waals surface area contributed by atoms with Gasteiger partial charge in [0.15, 0.2) is 0 Å². The molecular weight excluding hydrogens is 280 g/mol.